The number of anilines is 1. The van der Waals surface area contributed by atoms with Crippen molar-refractivity contribution in [3.63, 3.8) is 0 Å². The molecule has 0 saturated heterocycles. The number of methoxy groups -OCH3 is 1. The molecule has 1 aromatic heterocycles. The van der Waals surface area contributed by atoms with Gasteiger partial charge in [0.05, 0.1) is 7.11 Å². The molecule has 0 radical (unpaired) electrons. The Morgan fingerprint density at radius 2 is 2.00 bits per heavy atom. The molecule has 88 valence electrons. The van der Waals surface area contributed by atoms with Gasteiger partial charge in [0.25, 0.3) is 0 Å². The average molecular weight is 232 g/mol. The first-order chi connectivity index (χ1) is 8.29. The number of nitrogens with zero attached hydrogens (tertiary/aromatic N) is 1. The highest BCUT2D eigenvalue weighted by Gasteiger charge is 2.02. The standard InChI is InChI=1S/C13H13FN2O/c1-17-12-3-2-8-15-13(12)16-9-10-4-6-11(14)7-5-10/h2-8H,9H2,1H3,(H,15,16). The minimum absolute atomic E-state index is 0.232. The molecule has 4 heteroatoms. The van der Waals surface area contributed by atoms with Crippen LogP contribution < -0.4 is 10.1 Å². The number of hydrogen-bond donors (Lipinski definition) is 1. The van der Waals surface area contributed by atoms with Gasteiger partial charge in [-0.25, -0.2) is 9.37 Å². The zero-order valence-electron chi connectivity index (χ0n) is 9.48. The maximum atomic E-state index is 12.7. The number of nitrogens with one attached hydrogen (secondary N) is 1. The number of ether oxygens (including phenoxy) is 1. The quantitative estimate of drug-likeness (QED) is 0.880. The Balaban J connectivity index is 2.04. The first kappa shape index (κ1) is 11.4. The van der Waals surface area contributed by atoms with Crippen LogP contribution in [0.15, 0.2) is 42.6 Å². The molecule has 3 nitrogen and oxygen atoms in total. The van der Waals surface area contributed by atoms with Crippen LogP contribution in [0.25, 0.3) is 0 Å². The summed E-state index contributed by atoms with van der Waals surface area (Å²) in [5.41, 5.74) is 0.985. The summed E-state index contributed by atoms with van der Waals surface area (Å²) in [5, 5.41) is 3.14. The van der Waals surface area contributed by atoms with Gasteiger partial charge in [-0.2, -0.15) is 0 Å². The fraction of sp³-hybridized carbons (Fsp3) is 0.154. The first-order valence-electron chi connectivity index (χ1n) is 5.27. The number of pyridine rings is 1. The van der Waals surface area contributed by atoms with Crippen molar-refractivity contribution in [1.29, 1.82) is 0 Å². The molecule has 2 aromatic rings. The van der Waals surface area contributed by atoms with E-state index in [0.29, 0.717) is 18.1 Å². The van der Waals surface area contributed by atoms with Crippen LogP contribution in [0, 0.1) is 5.82 Å². The molecule has 0 amide bonds. The van der Waals surface area contributed by atoms with Gasteiger partial charge in [0, 0.05) is 12.7 Å². The monoisotopic (exact) mass is 232 g/mol. The average Bonchev–Trinajstić information content (AvgIpc) is 2.38. The van der Waals surface area contributed by atoms with Crippen LogP contribution in [0.1, 0.15) is 5.56 Å². The molecule has 0 unspecified atom stereocenters. The van der Waals surface area contributed by atoms with Gasteiger partial charge in [0.15, 0.2) is 11.6 Å². The van der Waals surface area contributed by atoms with E-state index in [1.807, 2.05) is 12.1 Å². The van der Waals surface area contributed by atoms with Crippen molar-refractivity contribution in [3.8, 4) is 5.75 Å². The lowest BCUT2D eigenvalue weighted by molar-refractivity contribution is 0.415. The molecule has 0 aliphatic rings. The molecule has 0 spiro atoms. The van der Waals surface area contributed by atoms with Gasteiger partial charge in [-0.05, 0) is 29.8 Å². The number of hydrogen-bond acceptors (Lipinski definition) is 3. The van der Waals surface area contributed by atoms with Crippen LogP contribution in [-0.4, -0.2) is 12.1 Å². The number of rotatable bonds is 4. The normalized spacial score (nSPS) is 10.0. The fourth-order valence-corrected chi connectivity index (χ4v) is 1.48. The third-order valence-electron chi connectivity index (χ3n) is 2.36. The highest BCUT2D eigenvalue weighted by molar-refractivity contribution is 5.49. The van der Waals surface area contributed by atoms with Crippen molar-refractivity contribution in [2.75, 3.05) is 12.4 Å². The van der Waals surface area contributed by atoms with Crippen molar-refractivity contribution in [1.82, 2.24) is 4.98 Å². The molecule has 2 rings (SSSR count). The van der Waals surface area contributed by atoms with Gasteiger partial charge in [0.1, 0.15) is 5.82 Å². The van der Waals surface area contributed by atoms with E-state index < -0.39 is 0 Å². The van der Waals surface area contributed by atoms with Gasteiger partial charge in [-0.3, -0.25) is 0 Å². The Bertz CT molecular complexity index is 485. The molecule has 0 aliphatic heterocycles. The predicted octanol–water partition coefficient (Wildman–Crippen LogP) is 2.84. The van der Waals surface area contributed by atoms with Gasteiger partial charge < -0.3 is 10.1 Å². The van der Waals surface area contributed by atoms with Gasteiger partial charge >= 0.3 is 0 Å². The Labute approximate surface area is 99.3 Å². The van der Waals surface area contributed by atoms with Gasteiger partial charge in [-0.15, -0.1) is 0 Å². The van der Waals surface area contributed by atoms with E-state index in [9.17, 15) is 4.39 Å². The Morgan fingerprint density at radius 3 is 2.71 bits per heavy atom. The summed E-state index contributed by atoms with van der Waals surface area (Å²) in [6, 6.07) is 9.98. The van der Waals surface area contributed by atoms with Crippen LogP contribution in [0.4, 0.5) is 10.2 Å². The van der Waals surface area contributed by atoms with Gasteiger partial charge in [-0.1, -0.05) is 12.1 Å². The summed E-state index contributed by atoms with van der Waals surface area (Å²) in [5.74, 6) is 1.14. The van der Waals surface area contributed by atoms with Crippen molar-refractivity contribution in [3.05, 3.63) is 54.0 Å². The highest BCUT2D eigenvalue weighted by atomic mass is 19.1. The Morgan fingerprint density at radius 1 is 1.24 bits per heavy atom. The van der Waals surface area contributed by atoms with E-state index >= 15 is 0 Å². The summed E-state index contributed by atoms with van der Waals surface area (Å²) < 4.78 is 17.9. The summed E-state index contributed by atoms with van der Waals surface area (Å²) >= 11 is 0. The van der Waals surface area contributed by atoms with Crippen molar-refractivity contribution in [2.45, 2.75) is 6.54 Å². The predicted molar refractivity (Wildman–Crippen MR) is 64.5 cm³/mol. The molecule has 0 bridgehead atoms. The minimum Gasteiger partial charge on any atom is -0.493 e. The largest absolute Gasteiger partial charge is 0.493 e. The van der Waals surface area contributed by atoms with Crippen molar-refractivity contribution < 1.29 is 9.13 Å². The third-order valence-corrected chi connectivity index (χ3v) is 2.36. The summed E-state index contributed by atoms with van der Waals surface area (Å²) in [6.45, 7) is 0.577. The second-order valence-electron chi connectivity index (χ2n) is 3.53. The topological polar surface area (TPSA) is 34.1 Å². The second-order valence-corrected chi connectivity index (χ2v) is 3.53. The van der Waals surface area contributed by atoms with E-state index in [2.05, 4.69) is 10.3 Å². The van der Waals surface area contributed by atoms with E-state index in [4.69, 9.17) is 4.74 Å². The molecule has 1 aromatic carbocycles. The van der Waals surface area contributed by atoms with E-state index in [1.54, 1.807) is 25.4 Å². The molecule has 17 heavy (non-hydrogen) atoms. The number of halogens is 1. The van der Waals surface area contributed by atoms with Crippen LogP contribution in [0.5, 0.6) is 5.75 Å². The lowest BCUT2D eigenvalue weighted by Crippen LogP contribution is -2.03. The van der Waals surface area contributed by atoms with Crippen LogP contribution in [-0.2, 0) is 6.54 Å². The lowest BCUT2D eigenvalue weighted by Gasteiger charge is -2.09. The highest BCUT2D eigenvalue weighted by Crippen LogP contribution is 2.20. The molecule has 1 heterocycles. The molecular weight excluding hydrogens is 219 g/mol. The summed E-state index contributed by atoms with van der Waals surface area (Å²) in [6.07, 6.45) is 1.69. The summed E-state index contributed by atoms with van der Waals surface area (Å²) in [4.78, 5) is 4.17. The smallest absolute Gasteiger partial charge is 0.168 e. The van der Waals surface area contributed by atoms with Crippen molar-refractivity contribution >= 4 is 5.82 Å². The number of benzene rings is 1. The van der Waals surface area contributed by atoms with Crippen LogP contribution >= 0.6 is 0 Å². The van der Waals surface area contributed by atoms with Crippen LogP contribution in [0.2, 0.25) is 0 Å². The Kier molecular flexibility index (Phi) is 3.55. The Hall–Kier alpha value is -2.10. The molecule has 0 saturated carbocycles. The zero-order valence-corrected chi connectivity index (χ0v) is 9.48. The van der Waals surface area contributed by atoms with E-state index in [0.717, 1.165) is 5.56 Å². The van der Waals surface area contributed by atoms with Gasteiger partial charge in [0.2, 0.25) is 0 Å². The maximum absolute atomic E-state index is 12.7. The fourth-order valence-electron chi connectivity index (χ4n) is 1.48. The zero-order chi connectivity index (χ0) is 12.1. The van der Waals surface area contributed by atoms with E-state index in [-0.39, 0.29) is 5.82 Å². The first-order valence-corrected chi connectivity index (χ1v) is 5.27. The molecule has 0 fully saturated rings. The SMILES string of the molecule is COc1cccnc1NCc1ccc(F)cc1. The second kappa shape index (κ2) is 5.30. The minimum atomic E-state index is -0.232. The molecule has 0 atom stereocenters. The van der Waals surface area contributed by atoms with Crippen molar-refractivity contribution in [2.24, 2.45) is 0 Å². The number of aromatic nitrogens is 1. The lowest BCUT2D eigenvalue weighted by atomic mass is 10.2. The van der Waals surface area contributed by atoms with E-state index in [1.165, 1.54) is 12.1 Å². The van der Waals surface area contributed by atoms with Crippen LogP contribution in [0.3, 0.4) is 0 Å². The third kappa shape index (κ3) is 2.93. The molecular formula is C13H13FN2O. The summed E-state index contributed by atoms with van der Waals surface area (Å²) in [7, 11) is 1.60. The molecule has 1 N–H and O–H groups in total. The maximum Gasteiger partial charge on any atom is 0.168 e. The molecule has 0 aliphatic carbocycles.